The molecule has 4 rings (SSSR count). The van der Waals surface area contributed by atoms with Gasteiger partial charge in [0.25, 0.3) is 5.91 Å². The molecule has 2 amide bonds. The summed E-state index contributed by atoms with van der Waals surface area (Å²) in [5.74, 6) is 0.0727. The van der Waals surface area contributed by atoms with E-state index in [0.717, 1.165) is 25.1 Å². The number of amides is 2. The highest BCUT2D eigenvalue weighted by Crippen LogP contribution is 2.30. The van der Waals surface area contributed by atoms with E-state index in [9.17, 15) is 9.59 Å². The maximum absolute atomic E-state index is 12.7. The molecule has 0 saturated heterocycles. The molecule has 0 saturated carbocycles. The van der Waals surface area contributed by atoms with Gasteiger partial charge in [0.2, 0.25) is 11.0 Å². The van der Waals surface area contributed by atoms with E-state index in [2.05, 4.69) is 37.5 Å². The van der Waals surface area contributed by atoms with E-state index in [1.54, 1.807) is 18.2 Å². The fourth-order valence-corrected chi connectivity index (χ4v) is 5.21. The Morgan fingerprint density at radius 1 is 1.14 bits per heavy atom. The number of halogens is 1. The maximum atomic E-state index is 12.7. The van der Waals surface area contributed by atoms with Crippen molar-refractivity contribution in [2.75, 3.05) is 22.5 Å². The Labute approximate surface area is 184 Å². The van der Waals surface area contributed by atoms with Crippen LogP contribution >= 0.6 is 39.0 Å². The summed E-state index contributed by atoms with van der Waals surface area (Å²) in [5.41, 5.74) is 2.74. The summed E-state index contributed by atoms with van der Waals surface area (Å²) in [4.78, 5) is 26.9. The average Bonchev–Trinajstić information content (AvgIpc) is 3.19. The number of para-hydroxylation sites is 1. The minimum absolute atomic E-state index is 0.0520. The zero-order valence-corrected chi connectivity index (χ0v) is 18.5. The van der Waals surface area contributed by atoms with Crippen molar-refractivity contribution < 1.29 is 9.59 Å². The number of carbonyl (C=O) groups excluding carboxylic acids is 2. The third-order valence-corrected chi connectivity index (χ3v) is 7.12. The lowest BCUT2D eigenvalue weighted by Crippen LogP contribution is -2.36. The lowest BCUT2D eigenvalue weighted by atomic mass is 10.0. The predicted octanol–water partition coefficient (Wildman–Crippen LogP) is 4.62. The zero-order chi connectivity index (χ0) is 20.2. The van der Waals surface area contributed by atoms with Gasteiger partial charge in [-0.25, -0.2) is 0 Å². The van der Waals surface area contributed by atoms with Gasteiger partial charge in [-0.3, -0.25) is 14.9 Å². The van der Waals surface area contributed by atoms with Crippen molar-refractivity contribution in [1.29, 1.82) is 0 Å². The molecule has 1 aliphatic rings. The van der Waals surface area contributed by atoms with Crippen LogP contribution in [-0.4, -0.2) is 34.3 Å². The third kappa shape index (κ3) is 4.68. The highest BCUT2D eigenvalue weighted by molar-refractivity contribution is 9.10. The molecule has 2 aromatic carbocycles. The van der Waals surface area contributed by atoms with Gasteiger partial charge in [0.15, 0.2) is 4.34 Å². The van der Waals surface area contributed by atoms with E-state index < -0.39 is 0 Å². The van der Waals surface area contributed by atoms with Gasteiger partial charge in [-0.1, -0.05) is 53.4 Å². The van der Waals surface area contributed by atoms with Crippen molar-refractivity contribution in [2.45, 2.75) is 17.2 Å². The van der Waals surface area contributed by atoms with Crippen molar-refractivity contribution in [3.8, 4) is 0 Å². The molecule has 0 atom stereocenters. The molecule has 29 heavy (non-hydrogen) atoms. The summed E-state index contributed by atoms with van der Waals surface area (Å²) in [5, 5.41) is 11.3. The maximum Gasteiger partial charge on any atom is 0.258 e. The van der Waals surface area contributed by atoms with Gasteiger partial charge >= 0.3 is 0 Å². The highest BCUT2D eigenvalue weighted by Gasteiger charge is 2.22. The van der Waals surface area contributed by atoms with E-state index >= 15 is 0 Å². The predicted molar refractivity (Wildman–Crippen MR) is 120 cm³/mol. The number of carbonyl (C=O) groups is 2. The summed E-state index contributed by atoms with van der Waals surface area (Å²) in [6.45, 7) is 0.736. The summed E-state index contributed by atoms with van der Waals surface area (Å²) in [7, 11) is 0. The summed E-state index contributed by atoms with van der Waals surface area (Å²) in [6, 6.07) is 15.2. The summed E-state index contributed by atoms with van der Waals surface area (Å²) in [6.07, 6.45) is 1.97. The van der Waals surface area contributed by atoms with Crippen LogP contribution in [0.2, 0.25) is 0 Å². The van der Waals surface area contributed by atoms with Gasteiger partial charge in [0, 0.05) is 16.7 Å². The number of rotatable bonds is 5. The third-order valence-electron chi connectivity index (χ3n) is 4.48. The number of hydrogen-bond acceptors (Lipinski definition) is 6. The van der Waals surface area contributed by atoms with Gasteiger partial charge in [-0.15, -0.1) is 10.2 Å². The highest BCUT2D eigenvalue weighted by atomic mass is 79.9. The summed E-state index contributed by atoms with van der Waals surface area (Å²) >= 11 is 5.96. The normalized spacial score (nSPS) is 13.1. The van der Waals surface area contributed by atoms with Gasteiger partial charge < -0.3 is 4.90 Å². The lowest BCUT2D eigenvalue weighted by molar-refractivity contribution is -0.116. The second-order valence-corrected chi connectivity index (χ2v) is 9.43. The fourth-order valence-electron chi connectivity index (χ4n) is 3.12. The van der Waals surface area contributed by atoms with Crippen LogP contribution in [0.4, 0.5) is 10.8 Å². The molecule has 0 aliphatic carbocycles. The second-order valence-electron chi connectivity index (χ2n) is 6.37. The number of nitrogens with zero attached hydrogens (tertiary/aromatic N) is 3. The molecule has 148 valence electrons. The first-order chi connectivity index (χ1) is 14.1. The average molecular weight is 489 g/mol. The molecule has 9 heteroatoms. The standard InChI is InChI=1S/C20H17BrN4O2S2/c21-15-9-3-2-8-14(15)18(27)22-19-23-24-20(29-19)28-12-17(26)25-11-5-7-13-6-1-4-10-16(13)25/h1-4,6,8-10H,5,7,11-12H2,(H,22,23,27). The Bertz CT molecular complexity index is 1060. The minimum Gasteiger partial charge on any atom is -0.311 e. The number of thioether (sulfide) groups is 1. The first kappa shape index (κ1) is 20.1. The van der Waals surface area contributed by atoms with Crippen LogP contribution in [0.25, 0.3) is 0 Å². The topological polar surface area (TPSA) is 75.2 Å². The number of benzene rings is 2. The quantitative estimate of drug-likeness (QED) is 0.418. The number of aryl methyl sites for hydroxylation is 1. The number of nitrogens with one attached hydrogen (secondary N) is 1. The molecule has 2 heterocycles. The van der Waals surface area contributed by atoms with Crippen molar-refractivity contribution >= 4 is 61.7 Å². The van der Waals surface area contributed by atoms with Crippen LogP contribution in [-0.2, 0) is 11.2 Å². The first-order valence-electron chi connectivity index (χ1n) is 9.02. The van der Waals surface area contributed by atoms with E-state index in [1.165, 1.54) is 28.7 Å². The van der Waals surface area contributed by atoms with Gasteiger partial charge in [0.1, 0.15) is 0 Å². The van der Waals surface area contributed by atoms with E-state index in [-0.39, 0.29) is 17.6 Å². The molecule has 1 N–H and O–H groups in total. The number of anilines is 2. The molecule has 3 aromatic rings. The smallest absolute Gasteiger partial charge is 0.258 e. The molecular formula is C20H17BrN4O2S2. The minimum atomic E-state index is -0.258. The molecular weight excluding hydrogens is 472 g/mol. The molecule has 0 spiro atoms. The molecule has 1 aromatic heterocycles. The van der Waals surface area contributed by atoms with Crippen molar-refractivity contribution in [2.24, 2.45) is 0 Å². The molecule has 6 nitrogen and oxygen atoms in total. The monoisotopic (exact) mass is 488 g/mol. The van der Waals surface area contributed by atoms with Crippen molar-refractivity contribution in [1.82, 2.24) is 10.2 Å². The van der Waals surface area contributed by atoms with Gasteiger partial charge in [-0.2, -0.15) is 0 Å². The largest absolute Gasteiger partial charge is 0.311 e. The first-order valence-corrected chi connectivity index (χ1v) is 11.6. The number of fused-ring (bicyclic) bond motifs is 1. The second kappa shape index (κ2) is 9.06. The summed E-state index contributed by atoms with van der Waals surface area (Å²) < 4.78 is 1.36. The Morgan fingerprint density at radius 2 is 1.93 bits per heavy atom. The Hall–Kier alpha value is -2.23. The van der Waals surface area contributed by atoms with Crippen molar-refractivity contribution in [3.05, 3.63) is 64.1 Å². The Balaban J connectivity index is 1.36. The molecule has 0 fully saturated rings. The van der Waals surface area contributed by atoms with E-state index in [4.69, 9.17) is 0 Å². The van der Waals surface area contributed by atoms with Gasteiger partial charge in [-0.05, 0) is 52.5 Å². The number of aromatic nitrogens is 2. The van der Waals surface area contributed by atoms with E-state index in [0.29, 0.717) is 19.5 Å². The van der Waals surface area contributed by atoms with Gasteiger partial charge in [0.05, 0.1) is 11.3 Å². The van der Waals surface area contributed by atoms with Crippen LogP contribution in [0.5, 0.6) is 0 Å². The number of hydrogen-bond donors (Lipinski definition) is 1. The Morgan fingerprint density at radius 3 is 2.79 bits per heavy atom. The van der Waals surface area contributed by atoms with E-state index in [1.807, 2.05) is 29.2 Å². The fraction of sp³-hybridized carbons (Fsp3) is 0.200. The zero-order valence-electron chi connectivity index (χ0n) is 15.3. The van der Waals surface area contributed by atoms with Crippen LogP contribution < -0.4 is 10.2 Å². The molecule has 0 radical (unpaired) electrons. The van der Waals surface area contributed by atoms with Crippen LogP contribution in [0, 0.1) is 0 Å². The lowest BCUT2D eigenvalue weighted by Gasteiger charge is -2.29. The van der Waals surface area contributed by atoms with Crippen LogP contribution in [0.15, 0.2) is 57.3 Å². The molecule has 1 aliphatic heterocycles. The van der Waals surface area contributed by atoms with Crippen LogP contribution in [0.3, 0.4) is 0 Å². The molecule has 0 bridgehead atoms. The SMILES string of the molecule is O=C(Nc1nnc(SCC(=O)N2CCCc3ccccc32)s1)c1ccccc1Br. The van der Waals surface area contributed by atoms with Crippen molar-refractivity contribution in [3.63, 3.8) is 0 Å². The molecule has 0 unspecified atom stereocenters. The van der Waals surface area contributed by atoms with Crippen LogP contribution in [0.1, 0.15) is 22.3 Å². The Kier molecular flexibility index (Phi) is 6.27.